The molecule has 0 atom stereocenters. The Bertz CT molecular complexity index is 528. The highest BCUT2D eigenvalue weighted by Crippen LogP contribution is 2.26. The Hall–Kier alpha value is -1.81. The summed E-state index contributed by atoms with van der Waals surface area (Å²) in [6.45, 7) is 0. The van der Waals surface area contributed by atoms with Crippen molar-refractivity contribution in [3.8, 4) is 11.5 Å². The van der Waals surface area contributed by atoms with Crippen molar-refractivity contribution in [3.05, 3.63) is 46.2 Å². The number of methoxy groups -OCH3 is 2. The van der Waals surface area contributed by atoms with Crippen LogP contribution in [-0.4, -0.2) is 20.0 Å². The maximum atomic E-state index is 12.1. The number of carbonyl (C=O) groups excluding carboxylic acids is 1. The van der Waals surface area contributed by atoms with E-state index in [1.165, 1.54) is 11.3 Å². The molecule has 0 fully saturated rings. The van der Waals surface area contributed by atoms with Gasteiger partial charge in [0.25, 0.3) is 0 Å². The van der Waals surface area contributed by atoms with Crippen LogP contribution >= 0.6 is 11.3 Å². The summed E-state index contributed by atoms with van der Waals surface area (Å²) in [5, 5.41) is 1.86. The van der Waals surface area contributed by atoms with Gasteiger partial charge in [-0.3, -0.25) is 4.79 Å². The molecule has 1 aromatic carbocycles. The molecule has 0 aliphatic carbocycles. The molecule has 18 heavy (non-hydrogen) atoms. The molecule has 0 unspecified atom stereocenters. The van der Waals surface area contributed by atoms with Crippen LogP contribution < -0.4 is 9.47 Å². The molecule has 0 saturated carbocycles. The van der Waals surface area contributed by atoms with Crippen molar-refractivity contribution in [2.24, 2.45) is 0 Å². The first-order chi connectivity index (χ1) is 8.74. The lowest BCUT2D eigenvalue weighted by Gasteiger charge is -2.04. The maximum absolute atomic E-state index is 12.1. The van der Waals surface area contributed by atoms with Crippen LogP contribution in [0.1, 0.15) is 15.2 Å². The predicted octanol–water partition coefficient (Wildman–Crippen LogP) is 3.19. The number of ketones is 1. The van der Waals surface area contributed by atoms with Crippen LogP contribution in [0.2, 0.25) is 0 Å². The minimum atomic E-state index is 0.0759. The van der Waals surface area contributed by atoms with Crippen LogP contribution in [-0.2, 0) is 6.42 Å². The molecule has 0 aliphatic heterocycles. The van der Waals surface area contributed by atoms with Crippen molar-refractivity contribution in [2.75, 3.05) is 14.2 Å². The first-order valence-corrected chi connectivity index (χ1v) is 6.40. The topological polar surface area (TPSA) is 35.5 Å². The molecule has 4 heteroatoms. The van der Waals surface area contributed by atoms with E-state index in [9.17, 15) is 4.79 Å². The first kappa shape index (κ1) is 12.6. The summed E-state index contributed by atoms with van der Waals surface area (Å²) < 4.78 is 10.2. The van der Waals surface area contributed by atoms with Crippen LogP contribution in [0.4, 0.5) is 0 Å². The van der Waals surface area contributed by atoms with Crippen LogP contribution in [0.5, 0.6) is 11.5 Å². The zero-order valence-electron chi connectivity index (χ0n) is 10.3. The normalized spacial score (nSPS) is 10.1. The molecule has 1 heterocycles. The van der Waals surface area contributed by atoms with Gasteiger partial charge in [0.1, 0.15) is 16.4 Å². The predicted molar refractivity (Wildman–Crippen MR) is 71.9 cm³/mol. The summed E-state index contributed by atoms with van der Waals surface area (Å²) >= 11 is 1.41. The van der Waals surface area contributed by atoms with Crippen LogP contribution in [0.25, 0.3) is 0 Å². The van der Waals surface area contributed by atoms with Gasteiger partial charge < -0.3 is 9.47 Å². The number of thiophene rings is 1. The Morgan fingerprint density at radius 2 is 1.83 bits per heavy atom. The van der Waals surface area contributed by atoms with Crippen molar-refractivity contribution in [3.63, 3.8) is 0 Å². The minimum absolute atomic E-state index is 0.0759. The lowest BCUT2D eigenvalue weighted by molar-refractivity contribution is 0.0994. The molecule has 0 spiro atoms. The monoisotopic (exact) mass is 262 g/mol. The van der Waals surface area contributed by atoms with E-state index in [4.69, 9.17) is 9.47 Å². The molecule has 0 saturated heterocycles. The maximum Gasteiger partial charge on any atom is 0.180 e. The van der Waals surface area contributed by atoms with Gasteiger partial charge in [0.05, 0.1) is 14.2 Å². The minimum Gasteiger partial charge on any atom is -0.497 e. The Morgan fingerprint density at radius 1 is 1.11 bits per heavy atom. The second kappa shape index (κ2) is 5.69. The molecule has 0 radical (unpaired) electrons. The quantitative estimate of drug-likeness (QED) is 0.776. The van der Waals surface area contributed by atoms with Gasteiger partial charge in [-0.2, -0.15) is 0 Å². The lowest BCUT2D eigenvalue weighted by Crippen LogP contribution is -2.03. The van der Waals surface area contributed by atoms with Gasteiger partial charge >= 0.3 is 0 Å². The lowest BCUT2D eigenvalue weighted by atomic mass is 10.1. The van der Waals surface area contributed by atoms with Crippen LogP contribution in [0.3, 0.4) is 0 Å². The highest BCUT2D eigenvalue weighted by Gasteiger charge is 2.14. The summed E-state index contributed by atoms with van der Waals surface area (Å²) in [5.74, 6) is 1.52. The van der Waals surface area contributed by atoms with E-state index in [2.05, 4.69) is 0 Å². The molecular formula is C14H14O3S. The third-order valence-electron chi connectivity index (χ3n) is 2.63. The number of benzene rings is 1. The smallest absolute Gasteiger partial charge is 0.180 e. The Labute approximate surface area is 110 Å². The van der Waals surface area contributed by atoms with E-state index in [-0.39, 0.29) is 5.78 Å². The fourth-order valence-electron chi connectivity index (χ4n) is 1.67. The molecule has 2 aromatic rings. The van der Waals surface area contributed by atoms with Gasteiger partial charge in [-0.1, -0.05) is 12.1 Å². The van der Waals surface area contributed by atoms with Crippen LogP contribution in [0.15, 0.2) is 35.7 Å². The largest absolute Gasteiger partial charge is 0.497 e. The Morgan fingerprint density at radius 3 is 2.44 bits per heavy atom. The number of hydrogen-bond donors (Lipinski definition) is 0. The van der Waals surface area contributed by atoms with Crippen LogP contribution in [0, 0.1) is 0 Å². The van der Waals surface area contributed by atoms with Gasteiger partial charge in [-0.25, -0.2) is 0 Å². The summed E-state index contributed by atoms with van der Waals surface area (Å²) in [6, 6.07) is 9.32. The molecule has 0 amide bonds. The summed E-state index contributed by atoms with van der Waals surface area (Å²) in [6.07, 6.45) is 0.376. The van der Waals surface area contributed by atoms with Gasteiger partial charge in [0, 0.05) is 6.42 Å². The fourth-order valence-corrected chi connectivity index (χ4v) is 2.47. The molecule has 3 nitrogen and oxygen atoms in total. The van der Waals surface area contributed by atoms with Crippen molar-refractivity contribution < 1.29 is 14.3 Å². The summed E-state index contributed by atoms with van der Waals surface area (Å²) in [5.41, 5.74) is 0.969. The van der Waals surface area contributed by atoms with Gasteiger partial charge in [0.15, 0.2) is 5.78 Å². The standard InChI is InChI=1S/C14H14O3S/c1-16-11-5-3-10(4-6-11)9-12(15)14-13(17-2)7-8-18-14/h3-8H,9H2,1-2H3. The third kappa shape index (κ3) is 2.71. The number of hydrogen-bond acceptors (Lipinski definition) is 4. The third-order valence-corrected chi connectivity index (χ3v) is 3.56. The first-order valence-electron chi connectivity index (χ1n) is 5.52. The number of rotatable bonds is 5. The molecular weight excluding hydrogens is 248 g/mol. The molecule has 0 N–H and O–H groups in total. The summed E-state index contributed by atoms with van der Waals surface area (Å²) in [7, 11) is 3.20. The zero-order chi connectivity index (χ0) is 13.0. The Kier molecular flexibility index (Phi) is 3.99. The van der Waals surface area contributed by atoms with Crippen molar-refractivity contribution >= 4 is 17.1 Å². The van der Waals surface area contributed by atoms with E-state index < -0.39 is 0 Å². The Balaban J connectivity index is 2.11. The number of ether oxygens (including phenoxy) is 2. The fraction of sp³-hybridized carbons (Fsp3) is 0.214. The van der Waals surface area contributed by atoms with E-state index in [0.717, 1.165) is 11.3 Å². The summed E-state index contributed by atoms with van der Waals surface area (Å²) in [4.78, 5) is 12.8. The average Bonchev–Trinajstić information content (AvgIpc) is 2.88. The molecule has 1 aromatic heterocycles. The van der Waals surface area contributed by atoms with Gasteiger partial charge in [-0.05, 0) is 29.1 Å². The van der Waals surface area contributed by atoms with Crippen molar-refractivity contribution in [2.45, 2.75) is 6.42 Å². The zero-order valence-corrected chi connectivity index (χ0v) is 11.1. The number of Topliss-reactive ketones (excluding diaryl/α,β-unsaturated/α-hetero) is 1. The average molecular weight is 262 g/mol. The second-order valence-corrected chi connectivity index (χ2v) is 4.68. The van der Waals surface area contributed by atoms with E-state index >= 15 is 0 Å². The molecule has 2 rings (SSSR count). The second-order valence-electron chi connectivity index (χ2n) is 3.77. The SMILES string of the molecule is COc1ccc(CC(=O)c2sccc2OC)cc1. The highest BCUT2D eigenvalue weighted by molar-refractivity contribution is 7.12. The van der Waals surface area contributed by atoms with E-state index in [1.807, 2.05) is 35.7 Å². The van der Waals surface area contributed by atoms with Gasteiger partial charge in [0.2, 0.25) is 0 Å². The van der Waals surface area contributed by atoms with Gasteiger partial charge in [-0.15, -0.1) is 11.3 Å². The highest BCUT2D eigenvalue weighted by atomic mass is 32.1. The molecule has 0 aliphatic rings. The molecule has 94 valence electrons. The van der Waals surface area contributed by atoms with E-state index in [0.29, 0.717) is 17.0 Å². The number of carbonyl (C=O) groups is 1. The van der Waals surface area contributed by atoms with Crippen molar-refractivity contribution in [1.29, 1.82) is 0 Å². The molecule has 0 bridgehead atoms. The van der Waals surface area contributed by atoms with E-state index in [1.54, 1.807) is 14.2 Å². The van der Waals surface area contributed by atoms with Crippen molar-refractivity contribution in [1.82, 2.24) is 0 Å².